The third-order valence-corrected chi connectivity index (χ3v) is 8.88. The minimum absolute atomic E-state index is 0.00929. The zero-order valence-corrected chi connectivity index (χ0v) is 38.3. The smallest absolute Gasteiger partial charge is 0.306 e. The van der Waals surface area contributed by atoms with Crippen LogP contribution in [-0.2, 0) is 28.6 Å². The number of carbonyl (C=O) groups is 3. The van der Waals surface area contributed by atoms with Gasteiger partial charge >= 0.3 is 11.9 Å². The molecule has 0 radical (unpaired) electrons. The summed E-state index contributed by atoms with van der Waals surface area (Å²) in [7, 11) is 5.35. The Morgan fingerprint density at radius 2 is 0.967 bits per heavy atom. The third-order valence-electron chi connectivity index (χ3n) is 8.88. The minimum Gasteiger partial charge on any atom is -0.544 e. The molecule has 0 aliphatic carbocycles. The lowest BCUT2D eigenvalue weighted by atomic mass is 10.1. The summed E-state index contributed by atoms with van der Waals surface area (Å²) < 4.78 is 17.1. The Bertz CT molecular complexity index is 1490. The second-order valence-electron chi connectivity index (χ2n) is 15.3. The fourth-order valence-corrected chi connectivity index (χ4v) is 5.46. The second-order valence-corrected chi connectivity index (χ2v) is 15.3. The van der Waals surface area contributed by atoms with Crippen molar-refractivity contribution >= 4 is 17.9 Å². The number of likely N-dealkylation sites (N-methyl/N-ethyl adjacent to an activating group) is 1. The van der Waals surface area contributed by atoms with Gasteiger partial charge in [-0.1, -0.05) is 166 Å². The molecular formula is C53H79NO7. The minimum atomic E-state index is -1.15. The molecule has 0 bridgehead atoms. The van der Waals surface area contributed by atoms with E-state index in [9.17, 15) is 19.5 Å². The van der Waals surface area contributed by atoms with Gasteiger partial charge in [-0.2, -0.15) is 0 Å². The zero-order chi connectivity index (χ0) is 44.9. The molecule has 2 unspecified atom stereocenters. The van der Waals surface area contributed by atoms with E-state index in [2.05, 4.69) is 98.9 Å². The molecule has 0 fully saturated rings. The number of carbonyl (C=O) groups excluding carboxylic acids is 3. The van der Waals surface area contributed by atoms with Crippen molar-refractivity contribution in [3.8, 4) is 0 Å². The van der Waals surface area contributed by atoms with Crippen LogP contribution in [0.5, 0.6) is 0 Å². The van der Waals surface area contributed by atoms with Gasteiger partial charge in [0, 0.05) is 19.3 Å². The maximum atomic E-state index is 12.7. The molecule has 0 aliphatic heterocycles. The standard InChI is InChI=1S/C53H79NO7/c1-6-8-10-12-14-16-18-20-22-24-25-26-28-30-32-34-36-38-40-42-44-52(56)61-49(47-59-46-45-50(53(57)58)54(3,4)5)48-60-51(55)43-41-39-37-35-33-31-29-27-23-21-19-17-15-13-11-9-7-2/h8-11,13-17,19-23,25-27,29-33,36,38,49-50H,6-7,12,18,24,28,34-35,37,39-48H2,1-5H3/b10-8+,11-9+,15-13+,16-14+,19-17+,22-20+,23-21+,26-25+,29-27+,32-30+,33-31+,38-36+. The van der Waals surface area contributed by atoms with E-state index in [1.165, 1.54) is 0 Å². The molecule has 0 heterocycles. The summed E-state index contributed by atoms with van der Waals surface area (Å²) in [6, 6.07) is -0.754. The highest BCUT2D eigenvalue weighted by molar-refractivity contribution is 5.70. The summed E-state index contributed by atoms with van der Waals surface area (Å²) >= 11 is 0. The van der Waals surface area contributed by atoms with Crippen LogP contribution in [0.4, 0.5) is 0 Å². The van der Waals surface area contributed by atoms with Crippen LogP contribution in [-0.4, -0.2) is 75.5 Å². The summed E-state index contributed by atoms with van der Waals surface area (Å²) in [6.07, 6.45) is 61.6. The molecule has 0 amide bonds. The van der Waals surface area contributed by atoms with E-state index in [0.717, 1.165) is 70.6 Å². The number of rotatable bonds is 37. The predicted molar refractivity (Wildman–Crippen MR) is 253 cm³/mol. The first-order chi connectivity index (χ1) is 29.6. The summed E-state index contributed by atoms with van der Waals surface area (Å²) in [4.78, 5) is 36.9. The number of nitrogens with zero attached hydrogens (tertiary/aromatic N) is 1. The van der Waals surface area contributed by atoms with Crippen LogP contribution < -0.4 is 5.11 Å². The quantitative estimate of drug-likeness (QED) is 0.0202. The van der Waals surface area contributed by atoms with Gasteiger partial charge in [-0.25, -0.2) is 0 Å². The summed E-state index contributed by atoms with van der Waals surface area (Å²) in [5.41, 5.74) is 0. The van der Waals surface area contributed by atoms with Crippen molar-refractivity contribution in [2.24, 2.45) is 0 Å². The molecule has 8 heteroatoms. The van der Waals surface area contributed by atoms with Gasteiger partial charge in [0.05, 0.1) is 40.3 Å². The van der Waals surface area contributed by atoms with Gasteiger partial charge < -0.3 is 28.6 Å². The van der Waals surface area contributed by atoms with Crippen molar-refractivity contribution in [1.29, 1.82) is 0 Å². The van der Waals surface area contributed by atoms with Crippen LogP contribution in [0, 0.1) is 0 Å². The number of quaternary nitrogens is 1. The normalized spacial score (nSPS) is 14.3. The van der Waals surface area contributed by atoms with Crippen LogP contribution in [0.25, 0.3) is 0 Å². The molecule has 0 aliphatic rings. The van der Waals surface area contributed by atoms with E-state index in [0.29, 0.717) is 12.8 Å². The number of aliphatic carboxylic acids is 1. The van der Waals surface area contributed by atoms with E-state index in [-0.39, 0.29) is 49.5 Å². The third kappa shape index (κ3) is 40.4. The monoisotopic (exact) mass is 842 g/mol. The van der Waals surface area contributed by atoms with Gasteiger partial charge in [-0.3, -0.25) is 9.59 Å². The van der Waals surface area contributed by atoms with Crippen LogP contribution in [0.15, 0.2) is 146 Å². The molecule has 338 valence electrons. The summed E-state index contributed by atoms with van der Waals surface area (Å²) in [5.74, 6) is -1.90. The Labute approximate surface area is 370 Å². The molecule has 0 N–H and O–H groups in total. The van der Waals surface area contributed by atoms with E-state index in [1.54, 1.807) is 21.1 Å². The summed E-state index contributed by atoms with van der Waals surface area (Å²) in [6.45, 7) is 4.25. The lowest BCUT2D eigenvalue weighted by molar-refractivity contribution is -0.889. The lowest BCUT2D eigenvalue weighted by Crippen LogP contribution is -2.55. The Hall–Kier alpha value is -4.79. The number of hydrogen-bond acceptors (Lipinski definition) is 7. The van der Waals surface area contributed by atoms with Crippen molar-refractivity contribution in [3.63, 3.8) is 0 Å². The first kappa shape index (κ1) is 56.2. The van der Waals surface area contributed by atoms with Crippen LogP contribution in [0.3, 0.4) is 0 Å². The average molecular weight is 842 g/mol. The number of unbranched alkanes of at least 4 members (excludes halogenated alkanes) is 4. The topological polar surface area (TPSA) is 102 Å². The second kappa shape index (κ2) is 41.9. The summed E-state index contributed by atoms with van der Waals surface area (Å²) in [5, 5.41) is 11.6. The van der Waals surface area contributed by atoms with E-state index in [4.69, 9.17) is 14.2 Å². The first-order valence-electron chi connectivity index (χ1n) is 22.4. The number of allylic oxidation sites excluding steroid dienone is 24. The number of carboxylic acids is 1. The van der Waals surface area contributed by atoms with Crippen molar-refractivity contribution in [1.82, 2.24) is 0 Å². The van der Waals surface area contributed by atoms with Gasteiger partial charge in [0.25, 0.3) is 0 Å². The van der Waals surface area contributed by atoms with Crippen molar-refractivity contribution in [2.75, 3.05) is 41.0 Å². The molecule has 0 aromatic heterocycles. The average Bonchev–Trinajstić information content (AvgIpc) is 3.22. The molecule has 8 nitrogen and oxygen atoms in total. The highest BCUT2D eigenvalue weighted by Crippen LogP contribution is 2.10. The highest BCUT2D eigenvalue weighted by atomic mass is 16.6. The van der Waals surface area contributed by atoms with Crippen molar-refractivity contribution in [3.05, 3.63) is 146 Å². The van der Waals surface area contributed by atoms with Crippen LogP contribution in [0.2, 0.25) is 0 Å². The molecule has 0 aromatic carbocycles. The van der Waals surface area contributed by atoms with Crippen molar-refractivity contribution < 1.29 is 38.2 Å². The van der Waals surface area contributed by atoms with Crippen LogP contribution in [0.1, 0.15) is 117 Å². The number of hydrogen-bond donors (Lipinski definition) is 0. The SMILES string of the molecule is CC/C=C/C=C/C=C/C=C/C=C/C=C/CCCCCC(=O)OCC(COCCC(C(=O)[O-])[N+](C)(C)C)OC(=O)CCC/C=C/C/C=C/C/C=C/C/C=C/C/C=C/C/C=C/CC. The van der Waals surface area contributed by atoms with Crippen molar-refractivity contribution in [2.45, 2.75) is 129 Å². The molecule has 0 rings (SSSR count). The Morgan fingerprint density at radius 3 is 1.48 bits per heavy atom. The van der Waals surface area contributed by atoms with Crippen LogP contribution >= 0.6 is 0 Å². The largest absolute Gasteiger partial charge is 0.544 e. The molecule has 0 aromatic rings. The maximum Gasteiger partial charge on any atom is 0.306 e. The van der Waals surface area contributed by atoms with Gasteiger partial charge in [0.2, 0.25) is 0 Å². The Morgan fingerprint density at radius 1 is 0.508 bits per heavy atom. The van der Waals surface area contributed by atoms with Gasteiger partial charge in [0.1, 0.15) is 12.6 Å². The van der Waals surface area contributed by atoms with Gasteiger partial charge in [-0.05, 0) is 77.0 Å². The number of carboxylic acid groups (broad SMARTS) is 1. The predicted octanol–water partition coefficient (Wildman–Crippen LogP) is 11.2. The fourth-order valence-electron chi connectivity index (χ4n) is 5.46. The maximum absolute atomic E-state index is 12.7. The number of esters is 2. The molecular weight excluding hydrogens is 763 g/mol. The van der Waals surface area contributed by atoms with E-state index >= 15 is 0 Å². The zero-order valence-electron chi connectivity index (χ0n) is 38.3. The Kier molecular flexibility index (Phi) is 38.6. The fraction of sp³-hybridized carbons (Fsp3) is 0.491. The first-order valence-corrected chi connectivity index (χ1v) is 22.4. The molecule has 2 atom stereocenters. The lowest BCUT2D eigenvalue weighted by Gasteiger charge is -2.34. The molecule has 0 spiro atoms. The molecule has 0 saturated heterocycles. The highest BCUT2D eigenvalue weighted by Gasteiger charge is 2.25. The number of ether oxygens (including phenoxy) is 3. The van der Waals surface area contributed by atoms with Gasteiger partial charge in [0.15, 0.2) is 6.10 Å². The Balaban J connectivity index is 4.58. The van der Waals surface area contributed by atoms with E-state index in [1.807, 2.05) is 60.8 Å². The molecule has 61 heavy (non-hydrogen) atoms. The van der Waals surface area contributed by atoms with Gasteiger partial charge in [-0.15, -0.1) is 0 Å². The van der Waals surface area contributed by atoms with E-state index < -0.39 is 24.1 Å². The molecule has 0 saturated carbocycles.